The fraction of sp³-hybridized carbons (Fsp3) is 0.357. The van der Waals surface area contributed by atoms with Crippen LogP contribution in [0.15, 0.2) is 53.3 Å². The van der Waals surface area contributed by atoms with E-state index in [1.165, 1.54) is 27.6 Å². The topological polar surface area (TPSA) is 163 Å². The second-order valence-corrected chi connectivity index (χ2v) is 10.2. The summed E-state index contributed by atoms with van der Waals surface area (Å²) in [5.41, 5.74) is 0.370. The second kappa shape index (κ2) is 13.0. The molecule has 222 valence electrons. The minimum Gasteiger partial charge on any atom is -0.463 e. The summed E-state index contributed by atoms with van der Waals surface area (Å²) in [6.45, 7) is 3.92. The molecule has 1 saturated heterocycles. The highest BCUT2D eigenvalue weighted by atomic mass is 32.1. The van der Waals surface area contributed by atoms with Gasteiger partial charge in [-0.05, 0) is 36.4 Å². The molecule has 0 saturated carbocycles. The Morgan fingerprint density at radius 2 is 1.36 bits per heavy atom. The van der Waals surface area contributed by atoms with Crippen LogP contribution in [-0.2, 0) is 47.6 Å². The van der Waals surface area contributed by atoms with Gasteiger partial charge in [-0.1, -0.05) is 23.7 Å². The lowest BCUT2D eigenvalue weighted by Crippen LogP contribution is -2.63. The SMILES string of the molecule is CC(=O)OCC1O[C@@H](OC(=O)c2ccc(-n3sc4ccccc4c3=O)cc2)C(OC(C)=O)C(OC(C)=O)[C@H]1OC(C)=O. The number of ether oxygens (including phenoxy) is 6. The van der Waals surface area contributed by atoms with Gasteiger partial charge in [-0.2, -0.15) is 0 Å². The average molecular weight is 602 g/mol. The number of hydrogen-bond acceptors (Lipinski definition) is 13. The fourth-order valence-corrected chi connectivity index (χ4v) is 5.33. The van der Waals surface area contributed by atoms with Crippen molar-refractivity contribution >= 4 is 51.5 Å². The fourth-order valence-electron chi connectivity index (χ4n) is 4.33. The number of carbonyl (C=O) groups is 5. The smallest absolute Gasteiger partial charge is 0.340 e. The molecule has 0 bridgehead atoms. The van der Waals surface area contributed by atoms with Crippen molar-refractivity contribution in [2.75, 3.05) is 6.61 Å². The van der Waals surface area contributed by atoms with Crippen LogP contribution < -0.4 is 5.56 Å². The quantitative estimate of drug-likeness (QED) is 0.274. The van der Waals surface area contributed by atoms with Crippen LogP contribution in [0, 0.1) is 0 Å². The molecule has 5 atom stereocenters. The second-order valence-electron chi connectivity index (χ2n) is 9.21. The summed E-state index contributed by atoms with van der Waals surface area (Å²) in [6.07, 6.45) is -7.35. The third-order valence-electron chi connectivity index (χ3n) is 6.00. The van der Waals surface area contributed by atoms with Gasteiger partial charge in [0.05, 0.1) is 21.3 Å². The maximum absolute atomic E-state index is 13.2. The van der Waals surface area contributed by atoms with Gasteiger partial charge in [-0.25, -0.2) is 8.75 Å². The van der Waals surface area contributed by atoms with Gasteiger partial charge in [-0.15, -0.1) is 0 Å². The zero-order valence-corrected chi connectivity index (χ0v) is 23.8. The molecule has 0 aliphatic carbocycles. The maximum Gasteiger partial charge on any atom is 0.340 e. The number of esters is 5. The van der Waals surface area contributed by atoms with E-state index in [0.717, 1.165) is 32.4 Å². The summed E-state index contributed by atoms with van der Waals surface area (Å²) in [5.74, 6) is -4.04. The van der Waals surface area contributed by atoms with Gasteiger partial charge in [0.2, 0.25) is 12.4 Å². The van der Waals surface area contributed by atoms with Crippen molar-refractivity contribution < 1.29 is 52.4 Å². The molecule has 42 heavy (non-hydrogen) atoms. The Labute approximate surface area is 242 Å². The Kier molecular flexibility index (Phi) is 9.38. The monoisotopic (exact) mass is 601 g/mol. The highest BCUT2D eigenvalue weighted by molar-refractivity contribution is 7.14. The van der Waals surface area contributed by atoms with Crippen LogP contribution in [0.3, 0.4) is 0 Å². The number of hydrogen-bond donors (Lipinski definition) is 0. The molecular formula is C28H27NO12S. The highest BCUT2D eigenvalue weighted by Crippen LogP contribution is 2.30. The molecule has 1 aliphatic rings. The van der Waals surface area contributed by atoms with E-state index in [-0.39, 0.29) is 11.1 Å². The van der Waals surface area contributed by atoms with Crippen molar-refractivity contribution in [1.29, 1.82) is 0 Å². The molecule has 4 rings (SSSR count). The molecule has 1 aliphatic heterocycles. The summed E-state index contributed by atoms with van der Waals surface area (Å²) in [6, 6.07) is 13.1. The van der Waals surface area contributed by atoms with Crippen LogP contribution in [-0.4, -0.2) is 71.1 Å². The molecule has 13 nitrogen and oxygen atoms in total. The van der Waals surface area contributed by atoms with E-state index < -0.39 is 67.2 Å². The minimum absolute atomic E-state index is 0.0563. The predicted molar refractivity (Wildman–Crippen MR) is 145 cm³/mol. The molecule has 14 heteroatoms. The van der Waals surface area contributed by atoms with E-state index in [4.69, 9.17) is 28.4 Å². The van der Waals surface area contributed by atoms with E-state index in [0.29, 0.717) is 11.1 Å². The van der Waals surface area contributed by atoms with Crippen molar-refractivity contribution in [2.24, 2.45) is 0 Å². The summed E-state index contributed by atoms with van der Waals surface area (Å²) >= 11 is 1.25. The lowest BCUT2D eigenvalue weighted by atomic mass is 9.98. The molecule has 0 N–H and O–H groups in total. The Bertz CT molecular complexity index is 1560. The number of rotatable bonds is 8. The third kappa shape index (κ3) is 7.01. The molecule has 0 amide bonds. The molecule has 0 spiro atoms. The summed E-state index contributed by atoms with van der Waals surface area (Å²) in [7, 11) is 0. The zero-order valence-electron chi connectivity index (χ0n) is 23.0. The van der Waals surface area contributed by atoms with Crippen molar-refractivity contribution in [3.8, 4) is 5.69 Å². The average Bonchev–Trinajstić information content (AvgIpc) is 3.26. The van der Waals surface area contributed by atoms with Crippen LogP contribution in [0.1, 0.15) is 38.1 Å². The molecule has 3 aromatic rings. The lowest BCUT2D eigenvalue weighted by Gasteiger charge is -2.43. The third-order valence-corrected chi connectivity index (χ3v) is 7.11. The first-order chi connectivity index (χ1) is 19.9. The van der Waals surface area contributed by atoms with Gasteiger partial charge in [0.15, 0.2) is 12.2 Å². The Balaban J connectivity index is 1.62. The Morgan fingerprint density at radius 1 is 0.762 bits per heavy atom. The minimum atomic E-state index is -1.66. The normalized spacial score (nSPS) is 21.7. The number of benzene rings is 2. The predicted octanol–water partition coefficient (Wildman–Crippen LogP) is 2.29. The molecular weight excluding hydrogens is 574 g/mol. The van der Waals surface area contributed by atoms with Crippen LogP contribution in [0.5, 0.6) is 0 Å². The molecule has 2 heterocycles. The number of aromatic nitrogens is 1. The molecule has 2 aromatic carbocycles. The number of fused-ring (bicyclic) bond motifs is 1. The number of nitrogens with zero attached hydrogens (tertiary/aromatic N) is 1. The lowest BCUT2D eigenvalue weighted by molar-refractivity contribution is -0.294. The van der Waals surface area contributed by atoms with Gasteiger partial charge in [-0.3, -0.25) is 24.0 Å². The summed E-state index contributed by atoms with van der Waals surface area (Å²) in [5, 5.41) is 0.564. The largest absolute Gasteiger partial charge is 0.463 e. The first-order valence-electron chi connectivity index (χ1n) is 12.7. The van der Waals surface area contributed by atoms with E-state index in [2.05, 4.69) is 0 Å². The molecule has 1 fully saturated rings. The zero-order chi connectivity index (χ0) is 30.6. The van der Waals surface area contributed by atoms with Gasteiger partial charge >= 0.3 is 29.8 Å². The van der Waals surface area contributed by atoms with E-state index in [9.17, 15) is 28.8 Å². The van der Waals surface area contributed by atoms with Crippen molar-refractivity contribution in [3.63, 3.8) is 0 Å². The molecule has 1 aromatic heterocycles. The van der Waals surface area contributed by atoms with Crippen LogP contribution in [0.2, 0.25) is 0 Å². The van der Waals surface area contributed by atoms with Crippen molar-refractivity contribution in [2.45, 2.75) is 58.4 Å². The van der Waals surface area contributed by atoms with Gasteiger partial charge < -0.3 is 28.4 Å². The molecule has 3 unspecified atom stereocenters. The standard InChI is InChI=1S/C28H27NO12S/c1-14(30)36-13-21-23(37-15(2)31)24(38-16(3)32)25(39-17(4)33)28(40-21)41-27(35)18-9-11-19(12-10-18)29-26(34)20-7-5-6-8-22(20)42-29/h5-12,21,23-25,28H,13H2,1-4H3/t21?,23-,24?,25?,28-/m0/s1. The van der Waals surface area contributed by atoms with E-state index in [1.54, 1.807) is 24.3 Å². The van der Waals surface area contributed by atoms with Crippen LogP contribution >= 0.6 is 11.5 Å². The Morgan fingerprint density at radius 3 is 1.95 bits per heavy atom. The van der Waals surface area contributed by atoms with Crippen LogP contribution in [0.4, 0.5) is 0 Å². The first kappa shape index (κ1) is 30.4. The Hall–Kier alpha value is -4.56. The van der Waals surface area contributed by atoms with Gasteiger partial charge in [0, 0.05) is 27.7 Å². The van der Waals surface area contributed by atoms with Crippen molar-refractivity contribution in [1.82, 2.24) is 3.96 Å². The maximum atomic E-state index is 13.2. The van der Waals surface area contributed by atoms with E-state index in [1.807, 2.05) is 12.1 Å². The highest BCUT2D eigenvalue weighted by Gasteiger charge is 2.53. The van der Waals surface area contributed by atoms with Crippen molar-refractivity contribution in [3.05, 3.63) is 64.4 Å². The summed E-state index contributed by atoms with van der Waals surface area (Å²) < 4.78 is 34.6. The first-order valence-corrected chi connectivity index (χ1v) is 13.4. The molecule has 0 radical (unpaired) electrons. The van der Waals surface area contributed by atoms with Gasteiger partial charge in [0.25, 0.3) is 5.56 Å². The van der Waals surface area contributed by atoms with Gasteiger partial charge in [0.1, 0.15) is 12.7 Å². The van der Waals surface area contributed by atoms with Crippen LogP contribution in [0.25, 0.3) is 15.8 Å². The van der Waals surface area contributed by atoms with E-state index >= 15 is 0 Å². The summed E-state index contributed by atoms with van der Waals surface area (Å²) in [4.78, 5) is 73.2. The number of carbonyl (C=O) groups excluding carboxylic acids is 5.